The Morgan fingerprint density at radius 3 is 0.381 bits per heavy atom. The molecule has 0 radical (unpaired) electrons. The van der Waals surface area contributed by atoms with E-state index in [-0.39, 0.29) is 0 Å². The first-order valence-corrected chi connectivity index (χ1v) is 35.7. The molecule has 12 nitrogen and oxygen atoms in total. The van der Waals surface area contributed by atoms with Crippen molar-refractivity contribution in [2.75, 3.05) is 78.5 Å². The zero-order chi connectivity index (χ0) is 65.3. The summed E-state index contributed by atoms with van der Waals surface area (Å²) < 4.78 is 0. The molecule has 12 atom stereocenters. The summed E-state index contributed by atoms with van der Waals surface area (Å²) in [6, 6.07) is 16.5. The van der Waals surface area contributed by atoms with Crippen LogP contribution in [0, 0.1) is 0 Å². The topological polar surface area (TPSA) is 38.9 Å². The first-order chi connectivity index (χ1) is 38.6. The van der Waals surface area contributed by atoms with Gasteiger partial charge in [-0.3, -0.25) is 58.8 Å². The van der Waals surface area contributed by atoms with Gasteiger partial charge in [-0.15, -0.1) is 0 Å². The van der Waals surface area contributed by atoms with Gasteiger partial charge in [0.05, 0.1) is 0 Å². The molecule has 0 amide bonds. The van der Waals surface area contributed by atoms with Gasteiger partial charge in [0.2, 0.25) is 0 Å². The summed E-state index contributed by atoms with van der Waals surface area (Å²) >= 11 is 0. The second-order valence-corrected chi connectivity index (χ2v) is 31.4. The highest BCUT2D eigenvalue weighted by atomic mass is 15.4. The molecular formula is C72H156N12. The van der Waals surface area contributed by atoms with Gasteiger partial charge < -0.3 is 0 Å². The Kier molecular flexibility index (Phi) is 37.3. The minimum absolute atomic E-state index is 0.675. The minimum atomic E-state index is 0.675. The summed E-state index contributed by atoms with van der Waals surface area (Å²) in [5.41, 5.74) is 0. The van der Waals surface area contributed by atoms with Gasteiger partial charge in [0.1, 0.15) is 0 Å². The monoisotopic (exact) mass is 1190 g/mol. The molecular weight excluding hydrogens is 1030 g/mol. The second-order valence-electron chi connectivity index (χ2n) is 31.4. The number of rotatable bonds is 12. The van der Waals surface area contributed by atoms with Crippen molar-refractivity contribution in [1.29, 1.82) is 0 Å². The lowest BCUT2D eigenvalue weighted by Gasteiger charge is -2.48. The van der Waals surface area contributed by atoms with Crippen LogP contribution in [0.25, 0.3) is 0 Å². The molecule has 0 bridgehead atoms. The summed E-state index contributed by atoms with van der Waals surface area (Å²) in [6.45, 7) is 98.1. The fourth-order valence-corrected chi connectivity index (χ4v) is 16.6. The molecule has 0 unspecified atom stereocenters. The average molecular weight is 1190 g/mol. The van der Waals surface area contributed by atoms with Gasteiger partial charge in [-0.25, -0.2) is 0 Å². The summed E-state index contributed by atoms with van der Waals surface area (Å²) in [6.07, 6.45) is 0. The number of hydrogen-bond donors (Lipinski definition) is 0. The van der Waals surface area contributed by atoms with Gasteiger partial charge in [-0.1, -0.05) is 0 Å². The lowest BCUT2D eigenvalue weighted by molar-refractivity contribution is 0.00129. The van der Waals surface area contributed by atoms with Gasteiger partial charge >= 0.3 is 0 Å². The van der Waals surface area contributed by atoms with Gasteiger partial charge in [0.25, 0.3) is 0 Å². The molecule has 12 heteroatoms. The van der Waals surface area contributed by atoms with Gasteiger partial charge in [0, 0.05) is 224 Å². The molecule has 0 aromatic heterocycles. The van der Waals surface area contributed by atoms with E-state index in [1.54, 1.807) is 0 Å². The van der Waals surface area contributed by atoms with Crippen molar-refractivity contribution in [2.24, 2.45) is 0 Å². The third-order valence-corrected chi connectivity index (χ3v) is 20.7. The van der Waals surface area contributed by atoms with Crippen molar-refractivity contribution < 1.29 is 0 Å². The maximum atomic E-state index is 2.64. The van der Waals surface area contributed by atoms with Crippen molar-refractivity contribution >= 4 is 0 Å². The molecule has 84 heavy (non-hydrogen) atoms. The zero-order valence-electron chi connectivity index (χ0n) is 63.7. The van der Waals surface area contributed by atoms with Crippen LogP contribution in [0.4, 0.5) is 0 Å². The Balaban J connectivity index is 0.000000504. The normalized spacial score (nSPS) is 31.7. The quantitative estimate of drug-likeness (QED) is 0.187. The predicted molar refractivity (Wildman–Crippen MR) is 376 cm³/mol. The van der Waals surface area contributed by atoms with Crippen molar-refractivity contribution in [3.63, 3.8) is 0 Å². The Hall–Kier alpha value is -0.480. The van der Waals surface area contributed by atoms with Crippen molar-refractivity contribution in [3.8, 4) is 0 Å². The molecule has 504 valence electrons. The van der Waals surface area contributed by atoms with Crippen LogP contribution < -0.4 is 0 Å². The lowest BCUT2D eigenvalue weighted by atomic mass is 10.0. The van der Waals surface area contributed by atoms with E-state index in [0.717, 1.165) is 0 Å². The van der Waals surface area contributed by atoms with Crippen molar-refractivity contribution in [1.82, 2.24) is 58.8 Å². The highest BCUT2D eigenvalue weighted by molar-refractivity contribution is 4.94. The van der Waals surface area contributed by atoms with E-state index in [0.29, 0.717) is 145 Å². The maximum Gasteiger partial charge on any atom is 0.0223 e. The largest absolute Gasteiger partial charge is 0.298 e. The SMILES string of the molecule is CC(C)N1CCN(C(C)C)[C@@H](C)[C@H]1C.CC(C)N1CCN(C(C)C)[C@H](C)[C@H]1C.CC(C)N1C[C@@H](C)N(C(C)C)[C@@H](C)C1.CC(C)N1C[C@@H](C)N(C(C)C)[C@@H](C)C1.CC(C)N1C[C@@H](C)N(C(C)C)[C@H](C)C1.CC(C)N1C[C@H](C)N(C(C)C)[C@@H](C)C1. The van der Waals surface area contributed by atoms with Gasteiger partial charge in [-0.2, -0.15) is 0 Å². The molecule has 6 aliphatic rings. The van der Waals surface area contributed by atoms with E-state index in [4.69, 9.17) is 0 Å². The first-order valence-electron chi connectivity index (χ1n) is 35.7. The van der Waals surface area contributed by atoms with Crippen LogP contribution in [0.3, 0.4) is 0 Å². The standard InChI is InChI=1S/6C12H26N2/c4*1-9(2)13-7-11(5)14(10(3)4)12(6)8-13;2*1-9(2)13-7-8-14(10(3)4)12(6)11(13)5/h6*9-12H,7-8H2,1-6H3/t2*11-,12+;2*11-,12-;11-,12+;11-,12-/m..10.1/s1. The van der Waals surface area contributed by atoms with E-state index >= 15 is 0 Å². The predicted octanol–water partition coefficient (Wildman–Crippen LogP) is 13.2. The molecule has 6 fully saturated rings. The zero-order valence-corrected chi connectivity index (χ0v) is 63.7. The maximum absolute atomic E-state index is 2.64. The smallest absolute Gasteiger partial charge is 0.0223 e. The summed E-state index contributed by atoms with van der Waals surface area (Å²) in [4.78, 5) is 31.4. The third kappa shape index (κ3) is 25.0. The van der Waals surface area contributed by atoms with E-state index in [1.165, 1.54) is 78.5 Å². The molecule has 0 spiro atoms. The number of nitrogens with zero attached hydrogens (tertiary/aromatic N) is 12. The van der Waals surface area contributed by atoms with Gasteiger partial charge in [0.15, 0.2) is 0 Å². The second kappa shape index (κ2) is 38.4. The minimum Gasteiger partial charge on any atom is -0.298 e. The van der Waals surface area contributed by atoms with E-state index < -0.39 is 0 Å². The molecule has 6 saturated heterocycles. The molecule has 6 aliphatic heterocycles. The molecule has 0 N–H and O–H groups in total. The fraction of sp³-hybridized carbons (Fsp3) is 1.00. The molecule has 0 saturated carbocycles. The Morgan fingerprint density at radius 1 is 0.179 bits per heavy atom. The highest BCUT2D eigenvalue weighted by Gasteiger charge is 2.37. The first kappa shape index (κ1) is 81.5. The van der Waals surface area contributed by atoms with Crippen LogP contribution in [0.5, 0.6) is 0 Å². The molecule has 0 aliphatic carbocycles. The van der Waals surface area contributed by atoms with Crippen LogP contribution in [0.15, 0.2) is 0 Å². The third-order valence-electron chi connectivity index (χ3n) is 20.7. The van der Waals surface area contributed by atoms with Crippen molar-refractivity contribution in [2.45, 2.75) is 394 Å². The number of piperazine rings is 6. The van der Waals surface area contributed by atoms with Gasteiger partial charge in [-0.05, 0) is 249 Å². The molecule has 6 heterocycles. The lowest BCUT2D eigenvalue weighted by Crippen LogP contribution is -2.60. The Bertz CT molecular complexity index is 1400. The Labute approximate surface area is 529 Å². The molecule has 0 aromatic carbocycles. The molecule has 6 rings (SSSR count). The highest BCUT2D eigenvalue weighted by Crippen LogP contribution is 2.26. The van der Waals surface area contributed by atoms with Crippen LogP contribution in [0.1, 0.15) is 249 Å². The fourth-order valence-electron chi connectivity index (χ4n) is 16.6. The van der Waals surface area contributed by atoms with Crippen LogP contribution in [-0.4, -0.2) is 282 Å². The summed E-state index contributed by atoms with van der Waals surface area (Å²) in [5.74, 6) is 0. The van der Waals surface area contributed by atoms with Crippen LogP contribution >= 0.6 is 0 Å². The summed E-state index contributed by atoms with van der Waals surface area (Å²) in [7, 11) is 0. The van der Waals surface area contributed by atoms with Crippen molar-refractivity contribution in [3.05, 3.63) is 0 Å². The summed E-state index contributed by atoms with van der Waals surface area (Å²) in [5, 5.41) is 0. The van der Waals surface area contributed by atoms with E-state index in [2.05, 4.69) is 308 Å². The van der Waals surface area contributed by atoms with E-state index in [9.17, 15) is 0 Å². The van der Waals surface area contributed by atoms with Crippen LogP contribution in [-0.2, 0) is 0 Å². The van der Waals surface area contributed by atoms with E-state index in [1.807, 2.05) is 0 Å². The molecule has 0 aromatic rings. The van der Waals surface area contributed by atoms with Crippen LogP contribution in [0.2, 0.25) is 0 Å². The average Bonchev–Trinajstić information content (AvgIpc) is 3.53. The Morgan fingerprint density at radius 2 is 0.298 bits per heavy atom. The number of hydrogen-bond acceptors (Lipinski definition) is 12.